The van der Waals surface area contributed by atoms with Crippen molar-refractivity contribution in [2.24, 2.45) is 11.8 Å². The van der Waals surface area contributed by atoms with Gasteiger partial charge in [-0.3, -0.25) is 4.79 Å². The Morgan fingerprint density at radius 1 is 1.27 bits per heavy atom. The third kappa shape index (κ3) is 5.24. The standard InChI is InChI=1S/C23H34N4O2S/c1-17-5-3-11-26(16-17)12-4-10-24-22(28)18-8-13-27(14-9-18)23-25-20-7-6-19(29-2)15-21(20)30-23/h6-7,15,17-18H,3-5,8-14,16H2,1-2H3,(H,24,28). The molecule has 1 unspecified atom stereocenters. The summed E-state index contributed by atoms with van der Waals surface area (Å²) in [6.07, 6.45) is 5.52. The highest BCUT2D eigenvalue weighted by atomic mass is 32.1. The van der Waals surface area contributed by atoms with E-state index in [2.05, 4.69) is 22.0 Å². The van der Waals surface area contributed by atoms with Crippen LogP contribution in [0.4, 0.5) is 5.13 Å². The summed E-state index contributed by atoms with van der Waals surface area (Å²) in [5.41, 5.74) is 1.01. The van der Waals surface area contributed by atoms with E-state index in [1.807, 2.05) is 18.2 Å². The van der Waals surface area contributed by atoms with E-state index >= 15 is 0 Å². The van der Waals surface area contributed by atoms with Gasteiger partial charge in [-0.15, -0.1) is 0 Å². The summed E-state index contributed by atoms with van der Waals surface area (Å²) in [5.74, 6) is 2.04. The summed E-state index contributed by atoms with van der Waals surface area (Å²) in [6.45, 7) is 8.45. The molecule has 164 valence electrons. The molecule has 1 aromatic carbocycles. The van der Waals surface area contributed by atoms with E-state index in [0.717, 1.165) is 72.5 Å². The molecule has 0 spiro atoms. The van der Waals surface area contributed by atoms with Crippen LogP contribution in [-0.2, 0) is 4.79 Å². The molecule has 4 rings (SSSR count). The number of piperidine rings is 2. The molecule has 2 fully saturated rings. The number of likely N-dealkylation sites (tertiary alicyclic amines) is 1. The number of methoxy groups -OCH3 is 1. The number of nitrogens with one attached hydrogen (secondary N) is 1. The van der Waals surface area contributed by atoms with E-state index in [1.165, 1.54) is 25.9 Å². The molecule has 1 amide bonds. The first-order valence-corrected chi connectivity index (χ1v) is 12.1. The van der Waals surface area contributed by atoms with Gasteiger partial charge in [0.05, 0.1) is 17.3 Å². The van der Waals surface area contributed by atoms with Crippen LogP contribution in [0.3, 0.4) is 0 Å². The Labute approximate surface area is 183 Å². The van der Waals surface area contributed by atoms with Crippen LogP contribution in [-0.4, -0.2) is 62.2 Å². The Hall–Kier alpha value is -1.86. The summed E-state index contributed by atoms with van der Waals surface area (Å²) in [5, 5.41) is 4.23. The molecule has 1 atom stereocenters. The van der Waals surface area contributed by atoms with E-state index in [4.69, 9.17) is 9.72 Å². The predicted octanol–water partition coefficient (Wildman–Crippen LogP) is 3.76. The van der Waals surface area contributed by atoms with Crippen LogP contribution in [0.1, 0.15) is 39.0 Å². The average molecular weight is 431 g/mol. The number of aromatic nitrogens is 1. The zero-order valence-electron chi connectivity index (χ0n) is 18.2. The molecule has 0 aliphatic carbocycles. The molecule has 0 saturated carbocycles. The summed E-state index contributed by atoms with van der Waals surface area (Å²) in [6, 6.07) is 6.01. The van der Waals surface area contributed by atoms with Crippen LogP contribution < -0.4 is 15.0 Å². The zero-order valence-corrected chi connectivity index (χ0v) is 19.0. The first-order valence-electron chi connectivity index (χ1n) is 11.3. The Balaban J connectivity index is 1.20. The maximum Gasteiger partial charge on any atom is 0.223 e. The van der Waals surface area contributed by atoms with Crippen molar-refractivity contribution in [3.63, 3.8) is 0 Å². The second-order valence-corrected chi connectivity index (χ2v) is 9.79. The number of carbonyl (C=O) groups is 1. The number of anilines is 1. The number of nitrogens with zero attached hydrogens (tertiary/aromatic N) is 3. The topological polar surface area (TPSA) is 57.7 Å². The number of carbonyl (C=O) groups excluding carboxylic acids is 1. The Bertz CT molecular complexity index is 847. The van der Waals surface area contributed by atoms with Gasteiger partial charge in [0.2, 0.25) is 5.91 Å². The SMILES string of the molecule is COc1ccc2nc(N3CCC(C(=O)NCCCN4CCCC(C)C4)CC3)sc2c1. The molecule has 2 aliphatic rings. The molecule has 0 radical (unpaired) electrons. The molecule has 2 aromatic rings. The van der Waals surface area contributed by atoms with E-state index in [-0.39, 0.29) is 11.8 Å². The van der Waals surface area contributed by atoms with E-state index in [9.17, 15) is 4.79 Å². The first-order chi connectivity index (χ1) is 14.6. The quantitative estimate of drug-likeness (QED) is 0.678. The third-order valence-corrected chi connectivity index (χ3v) is 7.49. The maximum absolute atomic E-state index is 12.6. The largest absolute Gasteiger partial charge is 0.497 e. The predicted molar refractivity (Wildman–Crippen MR) is 124 cm³/mol. The van der Waals surface area contributed by atoms with E-state index < -0.39 is 0 Å². The van der Waals surface area contributed by atoms with E-state index in [0.29, 0.717) is 0 Å². The molecule has 30 heavy (non-hydrogen) atoms. The lowest BCUT2D eigenvalue weighted by molar-refractivity contribution is -0.125. The molecule has 1 aromatic heterocycles. The lowest BCUT2D eigenvalue weighted by Crippen LogP contribution is -2.41. The molecular weight excluding hydrogens is 396 g/mol. The Kier molecular flexibility index (Phi) is 7.10. The fraction of sp³-hybridized carbons (Fsp3) is 0.652. The normalized spacial score (nSPS) is 21.1. The van der Waals surface area contributed by atoms with Crippen LogP contribution in [0.15, 0.2) is 18.2 Å². The van der Waals surface area contributed by atoms with Gasteiger partial charge in [-0.25, -0.2) is 4.98 Å². The van der Waals surface area contributed by atoms with Crippen molar-refractivity contribution in [1.29, 1.82) is 0 Å². The van der Waals surface area contributed by atoms with Crippen molar-refractivity contribution in [1.82, 2.24) is 15.2 Å². The number of hydrogen-bond acceptors (Lipinski definition) is 6. The van der Waals surface area contributed by atoms with Gasteiger partial charge in [0.25, 0.3) is 0 Å². The van der Waals surface area contributed by atoms with Gasteiger partial charge in [-0.2, -0.15) is 0 Å². The fourth-order valence-electron chi connectivity index (χ4n) is 4.64. The monoisotopic (exact) mass is 430 g/mol. The summed E-state index contributed by atoms with van der Waals surface area (Å²) >= 11 is 1.70. The van der Waals surface area contributed by atoms with Gasteiger partial charge in [0.15, 0.2) is 5.13 Å². The highest BCUT2D eigenvalue weighted by Gasteiger charge is 2.26. The second-order valence-electron chi connectivity index (χ2n) is 8.78. The number of ether oxygens (including phenoxy) is 1. The van der Waals surface area contributed by atoms with Gasteiger partial charge in [-0.1, -0.05) is 18.3 Å². The number of benzene rings is 1. The number of amides is 1. The van der Waals surface area contributed by atoms with Gasteiger partial charge >= 0.3 is 0 Å². The lowest BCUT2D eigenvalue weighted by atomic mass is 9.96. The number of hydrogen-bond donors (Lipinski definition) is 1. The third-order valence-electron chi connectivity index (χ3n) is 6.41. The minimum Gasteiger partial charge on any atom is -0.497 e. The van der Waals surface area contributed by atoms with Gasteiger partial charge in [-0.05, 0) is 69.3 Å². The molecule has 2 saturated heterocycles. The zero-order chi connectivity index (χ0) is 20.9. The molecular formula is C23H34N4O2S. The second kappa shape index (κ2) is 9.96. The highest BCUT2D eigenvalue weighted by Crippen LogP contribution is 2.33. The van der Waals surface area contributed by atoms with Crippen molar-refractivity contribution >= 4 is 32.6 Å². The van der Waals surface area contributed by atoms with Gasteiger partial charge in [0, 0.05) is 32.1 Å². The molecule has 3 heterocycles. The molecule has 1 N–H and O–H groups in total. The smallest absolute Gasteiger partial charge is 0.223 e. The van der Waals surface area contributed by atoms with Crippen LogP contribution in [0, 0.1) is 11.8 Å². The minimum absolute atomic E-state index is 0.130. The minimum atomic E-state index is 0.130. The number of thiazole rings is 1. The van der Waals surface area contributed by atoms with Crippen molar-refractivity contribution in [3.8, 4) is 5.75 Å². The Morgan fingerprint density at radius 2 is 2.10 bits per heavy atom. The maximum atomic E-state index is 12.6. The molecule has 7 heteroatoms. The molecule has 2 aliphatic heterocycles. The first kappa shape index (κ1) is 21.4. The average Bonchev–Trinajstić information content (AvgIpc) is 3.20. The Morgan fingerprint density at radius 3 is 2.87 bits per heavy atom. The van der Waals surface area contributed by atoms with Crippen molar-refractivity contribution in [2.75, 3.05) is 51.3 Å². The van der Waals surface area contributed by atoms with Crippen molar-refractivity contribution in [3.05, 3.63) is 18.2 Å². The van der Waals surface area contributed by atoms with Crippen LogP contribution >= 0.6 is 11.3 Å². The van der Waals surface area contributed by atoms with Crippen LogP contribution in [0.25, 0.3) is 10.2 Å². The van der Waals surface area contributed by atoms with Gasteiger partial charge in [0.1, 0.15) is 5.75 Å². The highest BCUT2D eigenvalue weighted by molar-refractivity contribution is 7.22. The fourth-order valence-corrected chi connectivity index (χ4v) is 5.68. The summed E-state index contributed by atoms with van der Waals surface area (Å²) in [4.78, 5) is 22.2. The van der Waals surface area contributed by atoms with Crippen molar-refractivity contribution in [2.45, 2.75) is 39.0 Å². The van der Waals surface area contributed by atoms with Crippen LogP contribution in [0.2, 0.25) is 0 Å². The van der Waals surface area contributed by atoms with Crippen LogP contribution in [0.5, 0.6) is 5.75 Å². The number of fused-ring (bicyclic) bond motifs is 1. The molecule has 6 nitrogen and oxygen atoms in total. The molecule has 0 bridgehead atoms. The lowest BCUT2D eigenvalue weighted by Gasteiger charge is -2.31. The number of rotatable bonds is 7. The van der Waals surface area contributed by atoms with Gasteiger partial charge < -0.3 is 19.9 Å². The summed E-state index contributed by atoms with van der Waals surface area (Å²) in [7, 11) is 1.69. The van der Waals surface area contributed by atoms with Crippen molar-refractivity contribution < 1.29 is 9.53 Å². The summed E-state index contributed by atoms with van der Waals surface area (Å²) < 4.78 is 6.46. The van der Waals surface area contributed by atoms with E-state index in [1.54, 1.807) is 18.4 Å².